The van der Waals surface area contributed by atoms with Gasteiger partial charge in [0.2, 0.25) is 5.75 Å². The summed E-state index contributed by atoms with van der Waals surface area (Å²) in [4.78, 5) is 0. The lowest BCUT2D eigenvalue weighted by atomic mass is 9.70. The van der Waals surface area contributed by atoms with Crippen LogP contribution in [0.4, 0.5) is 0 Å². The van der Waals surface area contributed by atoms with E-state index in [9.17, 15) is 5.11 Å². The van der Waals surface area contributed by atoms with E-state index in [1.54, 1.807) is 21.3 Å². The van der Waals surface area contributed by atoms with E-state index in [4.69, 9.17) is 14.2 Å². The molecule has 0 saturated heterocycles. The third-order valence-corrected chi connectivity index (χ3v) is 5.31. The smallest absolute Gasteiger partial charge is 0.203 e. The molecule has 0 bridgehead atoms. The zero-order valence-corrected chi connectivity index (χ0v) is 15.3. The van der Waals surface area contributed by atoms with Gasteiger partial charge in [-0.15, -0.1) is 6.58 Å². The van der Waals surface area contributed by atoms with Gasteiger partial charge < -0.3 is 19.3 Å². The number of hydrogen-bond donors (Lipinski definition) is 1. The molecule has 2 atom stereocenters. The molecule has 1 aliphatic carbocycles. The van der Waals surface area contributed by atoms with Gasteiger partial charge in [0.05, 0.1) is 26.9 Å². The van der Waals surface area contributed by atoms with Crippen molar-refractivity contribution >= 4 is 0 Å². The lowest BCUT2D eigenvalue weighted by Gasteiger charge is -2.39. The van der Waals surface area contributed by atoms with Crippen molar-refractivity contribution in [3.05, 3.63) is 30.4 Å². The van der Waals surface area contributed by atoms with Crippen LogP contribution in [-0.4, -0.2) is 26.4 Å². The van der Waals surface area contributed by atoms with Gasteiger partial charge in [-0.25, -0.2) is 0 Å². The predicted octanol–water partition coefficient (Wildman–Crippen LogP) is 4.30. The monoisotopic (exact) mass is 334 g/mol. The highest BCUT2D eigenvalue weighted by atomic mass is 16.5. The first-order chi connectivity index (χ1) is 11.5. The van der Waals surface area contributed by atoms with Crippen molar-refractivity contribution in [2.45, 2.75) is 44.6 Å². The fourth-order valence-electron chi connectivity index (χ4n) is 3.94. The van der Waals surface area contributed by atoms with E-state index in [0.29, 0.717) is 23.2 Å². The molecular weight excluding hydrogens is 304 g/mol. The molecule has 1 aliphatic rings. The molecule has 1 fully saturated rings. The quantitative estimate of drug-likeness (QED) is 0.755. The Balaban J connectivity index is 2.44. The van der Waals surface area contributed by atoms with Crippen molar-refractivity contribution < 1.29 is 19.3 Å². The first-order valence-electron chi connectivity index (χ1n) is 8.65. The zero-order valence-electron chi connectivity index (χ0n) is 15.3. The molecule has 134 valence electrons. The zero-order chi connectivity index (χ0) is 17.7. The summed E-state index contributed by atoms with van der Waals surface area (Å²) in [6.07, 6.45) is 7.90. The van der Waals surface area contributed by atoms with Crippen LogP contribution in [0.15, 0.2) is 24.8 Å². The van der Waals surface area contributed by atoms with Crippen LogP contribution in [0.25, 0.3) is 0 Å². The van der Waals surface area contributed by atoms with Gasteiger partial charge in [-0.05, 0) is 43.4 Å². The van der Waals surface area contributed by atoms with Crippen LogP contribution in [0.5, 0.6) is 17.2 Å². The van der Waals surface area contributed by atoms with E-state index in [2.05, 4.69) is 6.58 Å². The predicted molar refractivity (Wildman–Crippen MR) is 95.9 cm³/mol. The number of hydrogen-bond acceptors (Lipinski definition) is 4. The molecule has 2 rings (SSSR count). The van der Waals surface area contributed by atoms with Gasteiger partial charge in [0.25, 0.3) is 0 Å². The SMILES string of the molecule is C=C[C@@H](C1CCCCC1)[C@@](C)(O)c1cc(OC)c(OC)c(OC)c1. The Morgan fingerprint density at radius 2 is 1.62 bits per heavy atom. The minimum Gasteiger partial charge on any atom is -0.493 e. The normalized spacial score (nSPS) is 19.2. The average Bonchev–Trinajstić information content (AvgIpc) is 2.61. The molecule has 0 radical (unpaired) electrons. The molecule has 0 aromatic heterocycles. The second-order valence-corrected chi connectivity index (χ2v) is 6.72. The highest BCUT2D eigenvalue weighted by molar-refractivity contribution is 5.55. The number of methoxy groups -OCH3 is 3. The molecular formula is C20H30O4. The van der Waals surface area contributed by atoms with Crippen LogP contribution >= 0.6 is 0 Å². The minimum atomic E-state index is -1.05. The Hall–Kier alpha value is -1.68. The third-order valence-electron chi connectivity index (χ3n) is 5.31. The maximum atomic E-state index is 11.4. The number of ether oxygens (including phenoxy) is 3. The molecule has 1 N–H and O–H groups in total. The van der Waals surface area contributed by atoms with Crippen LogP contribution < -0.4 is 14.2 Å². The maximum Gasteiger partial charge on any atom is 0.203 e. The topological polar surface area (TPSA) is 47.9 Å². The molecule has 4 heteroatoms. The lowest BCUT2D eigenvalue weighted by molar-refractivity contribution is -0.0175. The molecule has 4 nitrogen and oxygen atoms in total. The highest BCUT2D eigenvalue weighted by Gasteiger charge is 2.38. The molecule has 0 heterocycles. The number of rotatable bonds is 7. The summed E-state index contributed by atoms with van der Waals surface area (Å²) in [5.74, 6) is 2.08. The van der Waals surface area contributed by atoms with Crippen LogP contribution in [0.3, 0.4) is 0 Å². The van der Waals surface area contributed by atoms with E-state index >= 15 is 0 Å². The fourth-order valence-corrected chi connectivity index (χ4v) is 3.94. The summed E-state index contributed by atoms with van der Waals surface area (Å²) in [5.41, 5.74) is -0.288. The van der Waals surface area contributed by atoms with E-state index in [1.807, 2.05) is 25.1 Å². The highest BCUT2D eigenvalue weighted by Crippen LogP contribution is 2.46. The summed E-state index contributed by atoms with van der Waals surface area (Å²) in [6, 6.07) is 3.67. The van der Waals surface area contributed by atoms with Gasteiger partial charge in [0, 0.05) is 5.92 Å². The van der Waals surface area contributed by atoms with Crippen molar-refractivity contribution in [3.63, 3.8) is 0 Å². The van der Waals surface area contributed by atoms with E-state index in [1.165, 1.54) is 19.3 Å². The van der Waals surface area contributed by atoms with Crippen LogP contribution in [0.1, 0.15) is 44.6 Å². The van der Waals surface area contributed by atoms with Gasteiger partial charge in [0.1, 0.15) is 0 Å². The molecule has 24 heavy (non-hydrogen) atoms. The van der Waals surface area contributed by atoms with Crippen molar-refractivity contribution in [3.8, 4) is 17.2 Å². The van der Waals surface area contributed by atoms with Gasteiger partial charge in [-0.3, -0.25) is 0 Å². The summed E-state index contributed by atoms with van der Waals surface area (Å²) < 4.78 is 16.2. The van der Waals surface area contributed by atoms with Gasteiger partial charge in [-0.1, -0.05) is 25.3 Å². The summed E-state index contributed by atoms with van der Waals surface area (Å²) in [6.45, 7) is 5.86. The third kappa shape index (κ3) is 3.54. The van der Waals surface area contributed by atoms with Crippen molar-refractivity contribution in [2.24, 2.45) is 11.8 Å². The number of benzene rings is 1. The Labute approximate surface area is 145 Å². The maximum absolute atomic E-state index is 11.4. The first-order valence-corrected chi connectivity index (χ1v) is 8.65. The van der Waals surface area contributed by atoms with E-state index in [-0.39, 0.29) is 5.92 Å². The molecule has 0 spiro atoms. The standard InChI is InChI=1S/C20H30O4/c1-6-16(14-10-8-7-9-11-14)20(2,21)15-12-17(22-3)19(24-5)18(13-15)23-4/h6,12-14,16,21H,1,7-11H2,2-5H3/t16-,20-/m0/s1. The summed E-state index contributed by atoms with van der Waals surface area (Å²) >= 11 is 0. The fraction of sp³-hybridized carbons (Fsp3) is 0.600. The van der Waals surface area contributed by atoms with Gasteiger partial charge >= 0.3 is 0 Å². The van der Waals surface area contributed by atoms with Crippen LogP contribution in [-0.2, 0) is 5.60 Å². The molecule has 1 aromatic carbocycles. The van der Waals surface area contributed by atoms with E-state index < -0.39 is 5.60 Å². The Morgan fingerprint density at radius 1 is 1.08 bits per heavy atom. The molecule has 0 unspecified atom stereocenters. The largest absolute Gasteiger partial charge is 0.493 e. The average molecular weight is 334 g/mol. The summed E-state index contributed by atoms with van der Waals surface area (Å²) in [7, 11) is 4.75. The first kappa shape index (κ1) is 18.7. The molecule has 1 aromatic rings. The van der Waals surface area contributed by atoms with Crippen molar-refractivity contribution in [1.29, 1.82) is 0 Å². The molecule has 0 aliphatic heterocycles. The van der Waals surface area contributed by atoms with Crippen molar-refractivity contribution in [2.75, 3.05) is 21.3 Å². The van der Waals surface area contributed by atoms with Gasteiger partial charge in [0.15, 0.2) is 11.5 Å². The van der Waals surface area contributed by atoms with Crippen LogP contribution in [0, 0.1) is 11.8 Å². The summed E-state index contributed by atoms with van der Waals surface area (Å²) in [5, 5.41) is 11.4. The van der Waals surface area contributed by atoms with Gasteiger partial charge in [-0.2, -0.15) is 0 Å². The molecule has 1 saturated carbocycles. The number of aliphatic hydroxyl groups is 1. The second-order valence-electron chi connectivity index (χ2n) is 6.72. The van der Waals surface area contributed by atoms with Crippen LogP contribution in [0.2, 0.25) is 0 Å². The lowest BCUT2D eigenvalue weighted by Crippen LogP contribution is -2.36. The second kappa shape index (κ2) is 7.93. The Kier molecular flexibility index (Phi) is 6.16. The minimum absolute atomic E-state index is 0.0133. The Morgan fingerprint density at radius 3 is 2.04 bits per heavy atom. The Bertz CT molecular complexity index is 534. The van der Waals surface area contributed by atoms with Crippen molar-refractivity contribution in [1.82, 2.24) is 0 Å². The van der Waals surface area contributed by atoms with E-state index in [0.717, 1.165) is 18.4 Å². The molecule has 0 amide bonds.